The zero-order valence-electron chi connectivity index (χ0n) is 11.1. The molecule has 110 valence electrons. The van der Waals surface area contributed by atoms with Crippen LogP contribution in [0, 0.1) is 10.1 Å². The number of ketones is 1. The lowest BCUT2D eigenvalue weighted by Crippen LogP contribution is -2.00. The maximum Gasteiger partial charge on any atom is 0.280 e. The summed E-state index contributed by atoms with van der Waals surface area (Å²) in [7, 11) is 0. The van der Waals surface area contributed by atoms with Gasteiger partial charge in [0, 0.05) is 16.8 Å². The molecule has 0 fully saturated rings. The standard InChI is InChI=1S/C14H9N3O3S2/c18-12(13-5-10(7-21-13)17(19)20)8-22-14-11-4-2-1-3-9(11)6-15-16-14/h1-7H,8H2. The zero-order valence-corrected chi connectivity index (χ0v) is 12.8. The van der Waals surface area contributed by atoms with Gasteiger partial charge in [0.15, 0.2) is 5.78 Å². The van der Waals surface area contributed by atoms with E-state index in [-0.39, 0.29) is 17.2 Å². The van der Waals surface area contributed by atoms with Gasteiger partial charge < -0.3 is 0 Å². The van der Waals surface area contributed by atoms with Crippen LogP contribution in [0.1, 0.15) is 9.67 Å². The molecule has 3 rings (SSSR count). The third-order valence-electron chi connectivity index (χ3n) is 2.95. The van der Waals surface area contributed by atoms with Gasteiger partial charge in [0.2, 0.25) is 0 Å². The summed E-state index contributed by atoms with van der Waals surface area (Å²) in [4.78, 5) is 22.6. The number of hydrogen-bond acceptors (Lipinski definition) is 7. The lowest BCUT2D eigenvalue weighted by molar-refractivity contribution is -0.384. The van der Waals surface area contributed by atoms with E-state index in [0.29, 0.717) is 9.90 Å². The van der Waals surface area contributed by atoms with Crippen molar-refractivity contribution in [3.8, 4) is 0 Å². The summed E-state index contributed by atoms with van der Waals surface area (Å²) in [5, 5.41) is 22.6. The van der Waals surface area contributed by atoms with Gasteiger partial charge in [-0.1, -0.05) is 36.0 Å². The predicted octanol–water partition coefficient (Wildman–Crippen LogP) is 3.57. The summed E-state index contributed by atoms with van der Waals surface area (Å²) in [6, 6.07) is 8.97. The lowest BCUT2D eigenvalue weighted by atomic mass is 10.2. The van der Waals surface area contributed by atoms with E-state index in [1.54, 1.807) is 6.20 Å². The Balaban J connectivity index is 1.76. The molecule has 0 bridgehead atoms. The first-order chi connectivity index (χ1) is 10.6. The van der Waals surface area contributed by atoms with Crippen molar-refractivity contribution >= 4 is 45.3 Å². The number of rotatable bonds is 5. The van der Waals surface area contributed by atoms with Gasteiger partial charge in [-0.25, -0.2) is 0 Å². The van der Waals surface area contributed by atoms with E-state index < -0.39 is 4.92 Å². The number of nitrogens with zero attached hydrogens (tertiary/aromatic N) is 3. The van der Waals surface area contributed by atoms with Crippen LogP contribution in [0.15, 0.2) is 46.9 Å². The van der Waals surface area contributed by atoms with Crippen molar-refractivity contribution in [2.45, 2.75) is 5.03 Å². The number of fused-ring (bicyclic) bond motifs is 1. The molecule has 0 unspecified atom stereocenters. The number of aromatic nitrogens is 2. The van der Waals surface area contributed by atoms with Crippen LogP contribution in [-0.2, 0) is 0 Å². The monoisotopic (exact) mass is 331 g/mol. The van der Waals surface area contributed by atoms with E-state index in [4.69, 9.17) is 0 Å². The quantitative estimate of drug-likeness (QED) is 0.307. The highest BCUT2D eigenvalue weighted by molar-refractivity contribution is 8.00. The summed E-state index contributed by atoms with van der Waals surface area (Å²) in [6.45, 7) is 0. The average molecular weight is 331 g/mol. The molecule has 0 aliphatic heterocycles. The highest BCUT2D eigenvalue weighted by atomic mass is 32.2. The molecule has 0 saturated carbocycles. The minimum atomic E-state index is -0.503. The molecule has 0 aliphatic rings. The molecule has 0 radical (unpaired) electrons. The summed E-state index contributed by atoms with van der Waals surface area (Å²) in [5.41, 5.74) is -0.0525. The summed E-state index contributed by atoms with van der Waals surface area (Å²) < 4.78 is 0. The van der Waals surface area contributed by atoms with Gasteiger partial charge in [-0.3, -0.25) is 14.9 Å². The van der Waals surface area contributed by atoms with E-state index in [0.717, 1.165) is 22.1 Å². The second-order valence-corrected chi connectivity index (χ2v) is 6.25. The number of thiophene rings is 1. The Kier molecular flexibility index (Phi) is 4.12. The zero-order chi connectivity index (χ0) is 15.5. The number of Topliss-reactive ketones (excluding diaryl/α,β-unsaturated/α-hetero) is 1. The van der Waals surface area contributed by atoms with Gasteiger partial charge >= 0.3 is 0 Å². The van der Waals surface area contributed by atoms with Gasteiger partial charge in [0.05, 0.1) is 27.1 Å². The fourth-order valence-corrected chi connectivity index (χ4v) is 3.64. The summed E-state index contributed by atoms with van der Waals surface area (Å²) in [5.74, 6) is 0.0122. The van der Waals surface area contributed by atoms with Crippen molar-refractivity contribution in [3.05, 3.63) is 56.9 Å². The van der Waals surface area contributed by atoms with Crippen LogP contribution in [0.25, 0.3) is 10.8 Å². The van der Waals surface area contributed by atoms with Crippen LogP contribution < -0.4 is 0 Å². The van der Waals surface area contributed by atoms with Crippen molar-refractivity contribution in [2.75, 3.05) is 5.75 Å². The average Bonchev–Trinajstić information content (AvgIpc) is 3.03. The van der Waals surface area contributed by atoms with Crippen LogP contribution in [0.3, 0.4) is 0 Å². The Morgan fingerprint density at radius 1 is 1.36 bits per heavy atom. The van der Waals surface area contributed by atoms with Gasteiger partial charge in [0.25, 0.3) is 5.69 Å². The molecule has 22 heavy (non-hydrogen) atoms. The second kappa shape index (κ2) is 6.20. The van der Waals surface area contributed by atoms with Gasteiger partial charge in [-0.2, -0.15) is 5.10 Å². The van der Waals surface area contributed by atoms with Gasteiger partial charge in [-0.15, -0.1) is 16.4 Å². The molecule has 1 aromatic carbocycles. The normalized spacial score (nSPS) is 10.7. The van der Waals surface area contributed by atoms with Crippen molar-refractivity contribution in [2.24, 2.45) is 0 Å². The molecule has 0 aliphatic carbocycles. The number of nitro groups is 1. The maximum atomic E-state index is 12.1. The molecule has 0 amide bonds. The predicted molar refractivity (Wildman–Crippen MR) is 85.6 cm³/mol. The molecule has 0 saturated heterocycles. The van der Waals surface area contributed by atoms with Crippen molar-refractivity contribution < 1.29 is 9.72 Å². The fraction of sp³-hybridized carbons (Fsp3) is 0.0714. The third-order valence-corrected chi connectivity index (χ3v) is 4.89. The van der Waals surface area contributed by atoms with Crippen molar-refractivity contribution in [1.82, 2.24) is 10.2 Å². The molecule has 8 heteroatoms. The van der Waals surface area contributed by atoms with Crippen LogP contribution >= 0.6 is 23.1 Å². The summed E-state index contributed by atoms with van der Waals surface area (Å²) >= 11 is 2.37. The van der Waals surface area contributed by atoms with Crippen molar-refractivity contribution in [1.29, 1.82) is 0 Å². The molecule has 2 heterocycles. The van der Waals surface area contributed by atoms with Crippen molar-refractivity contribution in [3.63, 3.8) is 0 Å². The Bertz CT molecular complexity index is 858. The molecule has 0 atom stereocenters. The Labute approximate surface area is 133 Å². The fourth-order valence-electron chi connectivity index (χ4n) is 1.88. The highest BCUT2D eigenvalue weighted by Crippen LogP contribution is 2.27. The van der Waals surface area contributed by atoms with E-state index in [2.05, 4.69) is 10.2 Å². The van der Waals surface area contributed by atoms with Crippen LogP contribution in [0.4, 0.5) is 5.69 Å². The van der Waals surface area contributed by atoms with Crippen LogP contribution in [-0.4, -0.2) is 26.7 Å². The SMILES string of the molecule is O=C(CSc1nncc2ccccc12)c1cc([N+](=O)[O-])cs1. The number of thioether (sulfide) groups is 1. The van der Waals surface area contributed by atoms with Gasteiger partial charge in [0.1, 0.15) is 5.03 Å². The number of carbonyl (C=O) groups is 1. The topological polar surface area (TPSA) is 86.0 Å². The number of benzene rings is 1. The number of hydrogen-bond donors (Lipinski definition) is 0. The largest absolute Gasteiger partial charge is 0.292 e. The van der Waals surface area contributed by atoms with Gasteiger partial charge in [-0.05, 0) is 0 Å². The Morgan fingerprint density at radius 3 is 2.95 bits per heavy atom. The molecular weight excluding hydrogens is 322 g/mol. The molecule has 0 spiro atoms. The highest BCUT2D eigenvalue weighted by Gasteiger charge is 2.16. The first kappa shape index (κ1) is 14.6. The molecule has 2 aromatic heterocycles. The van der Waals surface area contributed by atoms with E-state index in [9.17, 15) is 14.9 Å². The molecule has 0 N–H and O–H groups in total. The van der Waals surface area contributed by atoms with Crippen LogP contribution in [0.5, 0.6) is 0 Å². The minimum Gasteiger partial charge on any atom is -0.292 e. The number of carbonyl (C=O) groups excluding carboxylic acids is 1. The maximum absolute atomic E-state index is 12.1. The van der Waals surface area contributed by atoms with Crippen LogP contribution in [0.2, 0.25) is 0 Å². The van der Waals surface area contributed by atoms with E-state index in [1.807, 2.05) is 24.3 Å². The smallest absolute Gasteiger partial charge is 0.280 e. The Morgan fingerprint density at radius 2 is 2.18 bits per heavy atom. The Hall–Kier alpha value is -2.32. The molecule has 3 aromatic rings. The first-order valence-electron chi connectivity index (χ1n) is 6.24. The second-order valence-electron chi connectivity index (χ2n) is 4.38. The van der Waals surface area contributed by atoms with E-state index in [1.165, 1.54) is 23.2 Å². The third kappa shape index (κ3) is 2.97. The first-order valence-corrected chi connectivity index (χ1v) is 8.11. The molecular formula is C14H9N3O3S2. The lowest BCUT2D eigenvalue weighted by Gasteiger charge is -2.02. The summed E-state index contributed by atoms with van der Waals surface area (Å²) in [6.07, 6.45) is 1.67. The molecule has 6 nitrogen and oxygen atoms in total. The van der Waals surface area contributed by atoms with E-state index >= 15 is 0 Å². The minimum absolute atomic E-state index is 0.0525.